The average molecular weight is 285 g/mol. The van der Waals surface area contributed by atoms with Crippen molar-refractivity contribution in [2.24, 2.45) is 0 Å². The molecule has 0 aliphatic heterocycles. The van der Waals surface area contributed by atoms with Crippen LogP contribution >= 0.6 is 0 Å². The molecular formula is C19H24FN. The lowest BCUT2D eigenvalue weighted by Gasteiger charge is -2.22. The van der Waals surface area contributed by atoms with Crippen LogP contribution in [0.3, 0.4) is 0 Å². The summed E-state index contributed by atoms with van der Waals surface area (Å²) in [6, 6.07) is 12.1. The normalized spacial score (nSPS) is 12.4. The van der Waals surface area contributed by atoms with Gasteiger partial charge in [0.25, 0.3) is 0 Å². The number of likely N-dealkylation sites (N-methyl/N-ethyl adjacent to an activating group) is 1. The van der Waals surface area contributed by atoms with E-state index in [1.54, 1.807) is 6.07 Å². The molecule has 0 bridgehead atoms. The van der Waals surface area contributed by atoms with Crippen LogP contribution < -0.4 is 5.32 Å². The number of aryl methyl sites for hydroxylation is 3. The van der Waals surface area contributed by atoms with Crippen LogP contribution in [0.25, 0.3) is 0 Å². The lowest BCUT2D eigenvalue weighted by molar-refractivity contribution is 0.506. The van der Waals surface area contributed by atoms with Crippen molar-refractivity contribution in [2.45, 2.75) is 40.2 Å². The summed E-state index contributed by atoms with van der Waals surface area (Å²) < 4.78 is 14.4. The van der Waals surface area contributed by atoms with Crippen molar-refractivity contribution in [2.75, 3.05) is 6.54 Å². The fourth-order valence-electron chi connectivity index (χ4n) is 2.97. The molecule has 0 saturated carbocycles. The third-order valence-corrected chi connectivity index (χ3v) is 3.80. The second kappa shape index (κ2) is 6.86. The molecule has 1 N–H and O–H groups in total. The molecule has 0 amide bonds. The lowest BCUT2D eigenvalue weighted by atomic mass is 9.93. The standard InChI is InChI=1S/C19H24FN/c1-5-21-18(12-16-8-6-7-13(2)10-16)19-15(4)9-14(3)11-17(19)20/h6-11,18,21H,5,12H2,1-4H3. The van der Waals surface area contributed by atoms with Crippen LogP contribution in [-0.4, -0.2) is 6.54 Å². The number of hydrogen-bond donors (Lipinski definition) is 1. The molecule has 2 aromatic carbocycles. The second-order valence-electron chi connectivity index (χ2n) is 5.78. The van der Waals surface area contributed by atoms with E-state index in [0.29, 0.717) is 0 Å². The molecule has 0 fully saturated rings. The van der Waals surface area contributed by atoms with Gasteiger partial charge in [0.05, 0.1) is 0 Å². The van der Waals surface area contributed by atoms with E-state index in [0.717, 1.165) is 29.7 Å². The van der Waals surface area contributed by atoms with Gasteiger partial charge in [0, 0.05) is 11.6 Å². The Balaban J connectivity index is 2.35. The monoisotopic (exact) mass is 285 g/mol. The Morgan fingerprint density at radius 2 is 1.81 bits per heavy atom. The van der Waals surface area contributed by atoms with Crippen molar-refractivity contribution in [1.29, 1.82) is 0 Å². The quantitative estimate of drug-likeness (QED) is 0.843. The van der Waals surface area contributed by atoms with Gasteiger partial charge in [-0.3, -0.25) is 0 Å². The molecule has 1 nitrogen and oxygen atoms in total. The van der Waals surface area contributed by atoms with Crippen LogP contribution in [0.5, 0.6) is 0 Å². The topological polar surface area (TPSA) is 12.0 Å². The lowest BCUT2D eigenvalue weighted by Crippen LogP contribution is -2.25. The number of nitrogens with one attached hydrogen (secondary N) is 1. The van der Waals surface area contributed by atoms with Crippen molar-refractivity contribution in [3.63, 3.8) is 0 Å². The molecule has 2 heteroatoms. The SMILES string of the molecule is CCNC(Cc1cccc(C)c1)c1c(C)cc(C)cc1F. The maximum Gasteiger partial charge on any atom is 0.128 e. The van der Waals surface area contributed by atoms with Gasteiger partial charge in [0.1, 0.15) is 5.82 Å². The molecule has 1 atom stereocenters. The molecule has 0 radical (unpaired) electrons. The van der Waals surface area contributed by atoms with Gasteiger partial charge < -0.3 is 5.32 Å². The molecule has 0 aliphatic carbocycles. The maximum atomic E-state index is 14.4. The van der Waals surface area contributed by atoms with E-state index in [4.69, 9.17) is 0 Å². The highest BCUT2D eigenvalue weighted by Gasteiger charge is 2.18. The zero-order valence-electron chi connectivity index (χ0n) is 13.3. The number of rotatable bonds is 5. The number of hydrogen-bond acceptors (Lipinski definition) is 1. The number of halogens is 1. The largest absolute Gasteiger partial charge is 0.310 e. The van der Waals surface area contributed by atoms with Crippen LogP contribution in [0.15, 0.2) is 36.4 Å². The van der Waals surface area contributed by atoms with Gasteiger partial charge in [0.2, 0.25) is 0 Å². The third kappa shape index (κ3) is 3.92. The minimum Gasteiger partial charge on any atom is -0.310 e. The molecule has 2 rings (SSSR count). The molecule has 1 unspecified atom stereocenters. The Hall–Kier alpha value is -1.67. The number of benzene rings is 2. The summed E-state index contributed by atoms with van der Waals surface area (Å²) in [6.45, 7) is 8.89. The predicted octanol–water partition coefficient (Wildman–Crippen LogP) is 4.64. The van der Waals surface area contributed by atoms with Crippen molar-refractivity contribution in [3.8, 4) is 0 Å². The molecule has 2 aromatic rings. The van der Waals surface area contributed by atoms with Gasteiger partial charge in [-0.15, -0.1) is 0 Å². The molecule has 0 aromatic heterocycles. The Morgan fingerprint density at radius 1 is 1.05 bits per heavy atom. The first kappa shape index (κ1) is 15.7. The molecule has 0 saturated heterocycles. The van der Waals surface area contributed by atoms with Gasteiger partial charge >= 0.3 is 0 Å². The molecule has 0 heterocycles. The summed E-state index contributed by atoms with van der Waals surface area (Å²) in [4.78, 5) is 0. The summed E-state index contributed by atoms with van der Waals surface area (Å²) in [5, 5.41) is 3.43. The molecular weight excluding hydrogens is 261 g/mol. The van der Waals surface area contributed by atoms with Crippen molar-refractivity contribution in [1.82, 2.24) is 5.32 Å². The first-order valence-electron chi connectivity index (χ1n) is 7.56. The van der Waals surface area contributed by atoms with Crippen LogP contribution in [0, 0.1) is 26.6 Å². The Labute approximate surface area is 127 Å². The van der Waals surface area contributed by atoms with Crippen molar-refractivity contribution < 1.29 is 4.39 Å². The second-order valence-corrected chi connectivity index (χ2v) is 5.78. The maximum absolute atomic E-state index is 14.4. The first-order chi connectivity index (χ1) is 10.0. The molecule has 0 spiro atoms. The molecule has 112 valence electrons. The smallest absolute Gasteiger partial charge is 0.128 e. The van der Waals surface area contributed by atoms with E-state index >= 15 is 0 Å². The van der Waals surface area contributed by atoms with Gasteiger partial charge in [-0.05, 0) is 56.5 Å². The van der Waals surface area contributed by atoms with Gasteiger partial charge in [0.15, 0.2) is 0 Å². The summed E-state index contributed by atoms with van der Waals surface area (Å²) in [5.41, 5.74) is 5.26. The zero-order valence-corrected chi connectivity index (χ0v) is 13.3. The van der Waals surface area contributed by atoms with Gasteiger partial charge in [-0.1, -0.05) is 42.8 Å². The Morgan fingerprint density at radius 3 is 2.43 bits per heavy atom. The zero-order chi connectivity index (χ0) is 15.4. The van der Waals surface area contributed by atoms with Crippen molar-refractivity contribution in [3.05, 3.63) is 70.0 Å². The van der Waals surface area contributed by atoms with E-state index in [1.807, 2.05) is 13.8 Å². The highest BCUT2D eigenvalue weighted by Crippen LogP contribution is 2.26. The molecule has 0 aliphatic rings. The van der Waals surface area contributed by atoms with Gasteiger partial charge in [-0.25, -0.2) is 4.39 Å². The van der Waals surface area contributed by atoms with Crippen LogP contribution in [0.2, 0.25) is 0 Å². The Bertz CT molecular complexity index is 596. The average Bonchev–Trinajstić information content (AvgIpc) is 2.37. The summed E-state index contributed by atoms with van der Waals surface area (Å²) in [5.74, 6) is -0.105. The van der Waals surface area contributed by atoms with Crippen LogP contribution in [0.4, 0.5) is 4.39 Å². The van der Waals surface area contributed by atoms with Crippen molar-refractivity contribution >= 4 is 0 Å². The highest BCUT2D eigenvalue weighted by atomic mass is 19.1. The first-order valence-corrected chi connectivity index (χ1v) is 7.56. The van der Waals surface area contributed by atoms with Crippen LogP contribution in [0.1, 0.15) is 40.8 Å². The minimum absolute atomic E-state index is 0.0115. The fraction of sp³-hybridized carbons (Fsp3) is 0.368. The predicted molar refractivity (Wildman–Crippen MR) is 87.2 cm³/mol. The third-order valence-electron chi connectivity index (χ3n) is 3.80. The van der Waals surface area contributed by atoms with E-state index in [9.17, 15) is 4.39 Å². The fourth-order valence-corrected chi connectivity index (χ4v) is 2.97. The van der Waals surface area contributed by atoms with Gasteiger partial charge in [-0.2, -0.15) is 0 Å². The van der Waals surface area contributed by atoms with E-state index < -0.39 is 0 Å². The summed E-state index contributed by atoms with van der Waals surface area (Å²) in [7, 11) is 0. The van der Waals surface area contributed by atoms with E-state index in [2.05, 4.69) is 49.5 Å². The molecule has 21 heavy (non-hydrogen) atoms. The van der Waals surface area contributed by atoms with E-state index in [-0.39, 0.29) is 11.9 Å². The summed E-state index contributed by atoms with van der Waals surface area (Å²) in [6.07, 6.45) is 0.802. The minimum atomic E-state index is -0.105. The summed E-state index contributed by atoms with van der Waals surface area (Å²) >= 11 is 0. The Kier molecular flexibility index (Phi) is 5.13. The highest BCUT2D eigenvalue weighted by molar-refractivity contribution is 5.36. The van der Waals surface area contributed by atoms with Crippen LogP contribution in [-0.2, 0) is 6.42 Å². The van der Waals surface area contributed by atoms with E-state index in [1.165, 1.54) is 11.1 Å².